The number of carbonyl (C=O) groups is 3. The SMILES string of the molecule is CCCCCCCCCCCCCCCCCCN(C(=O)OCCCCCCCCCCCCCC)[C@@H]1O[C@H](CO)[C@@H](O)[C@H](O)[C@H]1N(C(=O)CN)C(=O)OCc1ccccc1. The highest BCUT2D eigenvalue weighted by molar-refractivity contribution is 5.93. The van der Waals surface area contributed by atoms with Gasteiger partial charge in [0, 0.05) is 6.54 Å². The predicted molar refractivity (Wildman–Crippen MR) is 243 cm³/mol. The van der Waals surface area contributed by atoms with Crippen molar-refractivity contribution in [3.63, 3.8) is 0 Å². The topological polar surface area (TPSA) is 172 Å². The number of nitrogens with zero attached hydrogens (tertiary/aromatic N) is 2. The highest BCUT2D eigenvalue weighted by Gasteiger charge is 2.53. The summed E-state index contributed by atoms with van der Waals surface area (Å²) in [5.74, 6) is -0.891. The Balaban J connectivity index is 2.04. The van der Waals surface area contributed by atoms with Gasteiger partial charge in [0.2, 0.25) is 5.91 Å². The van der Waals surface area contributed by atoms with E-state index in [2.05, 4.69) is 13.8 Å². The van der Waals surface area contributed by atoms with Crippen LogP contribution in [0.25, 0.3) is 0 Å². The Kier molecular flexibility index (Phi) is 31.8. The van der Waals surface area contributed by atoms with E-state index in [-0.39, 0.29) is 19.8 Å². The highest BCUT2D eigenvalue weighted by Crippen LogP contribution is 2.30. The lowest BCUT2D eigenvalue weighted by atomic mass is 9.94. The summed E-state index contributed by atoms with van der Waals surface area (Å²) in [5, 5.41) is 32.7. The molecule has 1 aliphatic heterocycles. The second-order valence-electron chi connectivity index (χ2n) is 17.2. The lowest BCUT2D eigenvalue weighted by molar-refractivity contribution is -0.240. The van der Waals surface area contributed by atoms with Gasteiger partial charge in [-0.2, -0.15) is 0 Å². The van der Waals surface area contributed by atoms with E-state index >= 15 is 0 Å². The number of aliphatic hydroxyl groups is 3. The van der Waals surface area contributed by atoms with E-state index in [1.54, 1.807) is 24.3 Å². The van der Waals surface area contributed by atoms with E-state index in [1.807, 2.05) is 6.07 Å². The monoisotopic (exact) mass is 862 g/mol. The molecular formula is C49H87N3O9. The van der Waals surface area contributed by atoms with Crippen molar-refractivity contribution in [1.82, 2.24) is 9.80 Å². The summed E-state index contributed by atoms with van der Waals surface area (Å²) in [6, 6.07) is 7.30. The first-order valence-electron chi connectivity index (χ1n) is 24.6. The molecule has 0 aromatic heterocycles. The van der Waals surface area contributed by atoms with Crippen molar-refractivity contribution in [3.8, 4) is 0 Å². The van der Waals surface area contributed by atoms with Gasteiger partial charge >= 0.3 is 12.2 Å². The maximum Gasteiger partial charge on any atom is 0.417 e. The summed E-state index contributed by atoms with van der Waals surface area (Å²) < 4.78 is 17.4. The van der Waals surface area contributed by atoms with Crippen LogP contribution in [0.2, 0.25) is 0 Å². The van der Waals surface area contributed by atoms with Crippen molar-refractivity contribution in [2.45, 2.75) is 231 Å². The Morgan fingerprint density at radius 3 is 1.49 bits per heavy atom. The van der Waals surface area contributed by atoms with Crippen LogP contribution in [-0.2, 0) is 25.6 Å². The molecule has 0 bridgehead atoms. The minimum Gasteiger partial charge on any atom is -0.449 e. The molecule has 61 heavy (non-hydrogen) atoms. The van der Waals surface area contributed by atoms with Crippen LogP contribution in [-0.4, -0.2) is 100 Å². The quantitative estimate of drug-likeness (QED) is 0.0476. The molecule has 0 aliphatic carbocycles. The molecular weight excluding hydrogens is 775 g/mol. The van der Waals surface area contributed by atoms with E-state index in [0.29, 0.717) is 23.3 Å². The second kappa shape index (κ2) is 35.7. The first-order chi connectivity index (χ1) is 29.8. The fraction of sp³-hybridized carbons (Fsp3) is 0.816. The van der Waals surface area contributed by atoms with Crippen molar-refractivity contribution in [1.29, 1.82) is 0 Å². The van der Waals surface area contributed by atoms with Crippen LogP contribution in [0.15, 0.2) is 30.3 Å². The van der Waals surface area contributed by atoms with Gasteiger partial charge in [-0.05, 0) is 18.4 Å². The van der Waals surface area contributed by atoms with E-state index in [9.17, 15) is 29.7 Å². The molecule has 1 aromatic carbocycles. The Morgan fingerprint density at radius 1 is 0.607 bits per heavy atom. The van der Waals surface area contributed by atoms with Crippen LogP contribution >= 0.6 is 0 Å². The van der Waals surface area contributed by atoms with E-state index in [0.717, 1.165) is 44.9 Å². The number of nitrogens with two attached hydrogens (primary N) is 1. The zero-order valence-corrected chi connectivity index (χ0v) is 38.4. The van der Waals surface area contributed by atoms with Crippen LogP contribution < -0.4 is 5.73 Å². The maximum atomic E-state index is 14.0. The Hall–Kier alpha value is -2.77. The number of carbonyl (C=O) groups excluding carboxylic acids is 3. The predicted octanol–water partition coefficient (Wildman–Crippen LogP) is 10.3. The normalized spacial score (nSPS) is 18.8. The van der Waals surface area contributed by atoms with Gasteiger partial charge in [-0.15, -0.1) is 0 Å². The Morgan fingerprint density at radius 2 is 1.05 bits per heavy atom. The number of imide groups is 1. The Labute approximate surface area is 369 Å². The summed E-state index contributed by atoms with van der Waals surface area (Å²) in [7, 11) is 0. The van der Waals surface area contributed by atoms with Crippen molar-refractivity contribution < 1.29 is 43.9 Å². The molecule has 1 aliphatic rings. The van der Waals surface area contributed by atoms with E-state index in [1.165, 1.54) is 127 Å². The van der Waals surface area contributed by atoms with Gasteiger partial charge in [0.15, 0.2) is 6.23 Å². The maximum absolute atomic E-state index is 14.0. The van der Waals surface area contributed by atoms with Gasteiger partial charge < -0.3 is 35.3 Å². The molecule has 12 nitrogen and oxygen atoms in total. The Bertz CT molecular complexity index is 1240. The molecule has 2 rings (SSSR count). The van der Waals surface area contributed by atoms with Gasteiger partial charge in [-0.25, -0.2) is 14.5 Å². The minimum atomic E-state index is -1.80. The third-order valence-electron chi connectivity index (χ3n) is 12.0. The van der Waals surface area contributed by atoms with Crippen LogP contribution in [0.5, 0.6) is 0 Å². The van der Waals surface area contributed by atoms with Crippen molar-refractivity contribution in [3.05, 3.63) is 35.9 Å². The van der Waals surface area contributed by atoms with Gasteiger partial charge in [-0.3, -0.25) is 9.69 Å². The fourth-order valence-corrected chi connectivity index (χ4v) is 8.23. The molecule has 12 heteroatoms. The molecule has 0 unspecified atom stereocenters. The van der Waals surface area contributed by atoms with Crippen LogP contribution in [0.4, 0.5) is 9.59 Å². The molecule has 1 fully saturated rings. The molecule has 5 N–H and O–H groups in total. The molecule has 1 heterocycles. The standard InChI is InChI=1S/C49H87N3O9/c1-3-5-7-9-11-13-15-17-18-19-20-21-23-25-27-32-36-51(48(57)59-37-33-28-26-24-22-16-14-12-10-8-6-4-2)47-44(46(56)45(55)42(39-53)61-47)52(43(54)38-50)49(58)60-40-41-34-30-29-31-35-41/h29-31,34-35,42,44-47,53,55-56H,3-28,32-33,36-40,50H2,1-2H3/t42-,44-,45-,46-,47-/m1/s1. The number of aliphatic hydroxyl groups excluding tert-OH is 3. The van der Waals surface area contributed by atoms with Gasteiger partial charge in [0.25, 0.3) is 0 Å². The summed E-state index contributed by atoms with van der Waals surface area (Å²) in [6.45, 7) is 3.34. The molecule has 3 amide bonds. The van der Waals surface area contributed by atoms with Crippen molar-refractivity contribution in [2.75, 3.05) is 26.3 Å². The number of amides is 3. The number of rotatable bonds is 36. The summed E-state index contributed by atoms with van der Waals surface area (Å²) in [4.78, 5) is 43.0. The van der Waals surface area contributed by atoms with Crippen molar-refractivity contribution >= 4 is 18.1 Å². The molecule has 352 valence electrons. The third-order valence-corrected chi connectivity index (χ3v) is 12.0. The zero-order valence-electron chi connectivity index (χ0n) is 38.4. The largest absolute Gasteiger partial charge is 0.449 e. The number of benzene rings is 1. The number of ether oxygens (including phenoxy) is 3. The summed E-state index contributed by atoms with van der Waals surface area (Å²) in [6.07, 6.45) is 25.0. The number of hydrogen-bond acceptors (Lipinski definition) is 10. The fourth-order valence-electron chi connectivity index (χ4n) is 8.23. The zero-order chi connectivity index (χ0) is 44.3. The van der Waals surface area contributed by atoms with Gasteiger partial charge in [-0.1, -0.05) is 211 Å². The average molecular weight is 862 g/mol. The first kappa shape index (κ1) is 54.4. The molecule has 1 aromatic rings. The smallest absolute Gasteiger partial charge is 0.417 e. The molecule has 5 atom stereocenters. The minimum absolute atomic E-state index is 0.140. The molecule has 1 saturated heterocycles. The lowest BCUT2D eigenvalue weighted by Crippen LogP contribution is -2.70. The average Bonchev–Trinajstić information content (AvgIpc) is 3.27. The summed E-state index contributed by atoms with van der Waals surface area (Å²) >= 11 is 0. The molecule has 0 radical (unpaired) electrons. The lowest BCUT2D eigenvalue weighted by Gasteiger charge is -2.48. The van der Waals surface area contributed by atoms with Crippen molar-refractivity contribution in [2.24, 2.45) is 5.73 Å². The summed E-state index contributed by atoms with van der Waals surface area (Å²) in [5.41, 5.74) is 6.44. The van der Waals surface area contributed by atoms with Crippen LogP contribution in [0.1, 0.15) is 199 Å². The molecule has 0 saturated carbocycles. The van der Waals surface area contributed by atoms with Gasteiger partial charge in [0.05, 0.1) is 19.8 Å². The third kappa shape index (κ3) is 22.9. The van der Waals surface area contributed by atoms with Gasteiger partial charge in [0.1, 0.15) is 31.0 Å². The first-order valence-corrected chi connectivity index (χ1v) is 24.6. The highest BCUT2D eigenvalue weighted by atomic mass is 16.6. The number of hydrogen-bond donors (Lipinski definition) is 4. The van der Waals surface area contributed by atoms with E-state index in [4.69, 9.17) is 19.9 Å². The number of unbranched alkanes of at least 4 members (excludes halogenated alkanes) is 26. The van der Waals surface area contributed by atoms with E-state index < -0.39 is 61.8 Å². The molecule has 0 spiro atoms. The van der Waals surface area contributed by atoms with Crippen LogP contribution in [0.3, 0.4) is 0 Å². The van der Waals surface area contributed by atoms with Crippen LogP contribution in [0, 0.1) is 0 Å². The second-order valence-corrected chi connectivity index (χ2v) is 17.2.